The zero-order valence-corrected chi connectivity index (χ0v) is 10.6. The summed E-state index contributed by atoms with van der Waals surface area (Å²) in [6.45, 7) is 2.56. The highest BCUT2D eigenvalue weighted by atomic mass is 16.2. The number of carbonyl (C=O) groups is 1. The average molecular weight is 257 g/mol. The number of benzene rings is 1. The number of amides is 1. The highest BCUT2D eigenvalue weighted by Gasteiger charge is 2.10. The molecule has 5 nitrogen and oxygen atoms in total. The Morgan fingerprint density at radius 3 is 2.63 bits per heavy atom. The van der Waals surface area contributed by atoms with Gasteiger partial charge in [0.1, 0.15) is 5.69 Å². The van der Waals surface area contributed by atoms with Gasteiger partial charge in [-0.3, -0.25) is 9.59 Å². The maximum atomic E-state index is 11.8. The van der Waals surface area contributed by atoms with E-state index in [1.165, 1.54) is 12.1 Å². The first-order chi connectivity index (χ1) is 9.16. The molecule has 0 unspecified atom stereocenters. The summed E-state index contributed by atoms with van der Waals surface area (Å²) >= 11 is 0. The van der Waals surface area contributed by atoms with Crippen LogP contribution in [0.4, 0.5) is 0 Å². The van der Waals surface area contributed by atoms with Gasteiger partial charge in [0.15, 0.2) is 0 Å². The Morgan fingerprint density at radius 2 is 2.00 bits per heavy atom. The van der Waals surface area contributed by atoms with Crippen LogP contribution in [0.3, 0.4) is 0 Å². The lowest BCUT2D eigenvalue weighted by atomic mass is 10.0. The number of hydrogen-bond donors (Lipinski definition) is 2. The quantitative estimate of drug-likeness (QED) is 0.867. The lowest BCUT2D eigenvalue weighted by Gasteiger charge is -2.12. The van der Waals surface area contributed by atoms with Crippen molar-refractivity contribution in [2.45, 2.75) is 12.8 Å². The largest absolute Gasteiger partial charge is 0.350 e. The molecule has 1 aromatic carbocycles. The molecule has 2 rings (SSSR count). The van der Waals surface area contributed by atoms with Gasteiger partial charge >= 0.3 is 0 Å². The van der Waals surface area contributed by atoms with E-state index in [1.807, 2.05) is 37.3 Å². The number of aromatic amines is 1. The minimum Gasteiger partial charge on any atom is -0.350 e. The number of nitrogens with one attached hydrogen (secondary N) is 2. The average Bonchev–Trinajstić information content (AvgIpc) is 2.46. The minimum absolute atomic E-state index is 0.208. The molecule has 5 heteroatoms. The van der Waals surface area contributed by atoms with E-state index in [4.69, 9.17) is 0 Å². The van der Waals surface area contributed by atoms with Crippen LogP contribution in [0.2, 0.25) is 0 Å². The molecular formula is C14H15N3O2. The standard InChI is InChI=1S/C14H15N3O2/c1-10(11-5-3-2-4-6-11)9-15-14(19)12-7-8-13(18)17-16-12/h2-8,10H,9H2,1H3,(H,15,19)(H,17,18)/t10-/m1/s1. The third-order valence-corrected chi connectivity index (χ3v) is 2.85. The summed E-state index contributed by atoms with van der Waals surface area (Å²) in [6.07, 6.45) is 0. The molecule has 1 amide bonds. The molecule has 0 saturated carbocycles. The fourth-order valence-electron chi connectivity index (χ4n) is 1.71. The molecule has 98 valence electrons. The molecule has 0 saturated heterocycles. The smallest absolute Gasteiger partial charge is 0.271 e. The van der Waals surface area contributed by atoms with Gasteiger partial charge in [0.2, 0.25) is 0 Å². The van der Waals surface area contributed by atoms with E-state index in [0.717, 1.165) is 5.56 Å². The van der Waals surface area contributed by atoms with Crippen molar-refractivity contribution in [1.82, 2.24) is 15.5 Å². The van der Waals surface area contributed by atoms with Crippen molar-refractivity contribution in [2.24, 2.45) is 0 Å². The van der Waals surface area contributed by atoms with E-state index in [0.29, 0.717) is 6.54 Å². The van der Waals surface area contributed by atoms with Crippen molar-refractivity contribution in [3.63, 3.8) is 0 Å². The monoisotopic (exact) mass is 257 g/mol. The van der Waals surface area contributed by atoms with Crippen LogP contribution in [0.1, 0.15) is 28.9 Å². The van der Waals surface area contributed by atoms with Crippen LogP contribution in [0, 0.1) is 0 Å². The van der Waals surface area contributed by atoms with E-state index in [1.54, 1.807) is 0 Å². The van der Waals surface area contributed by atoms with E-state index >= 15 is 0 Å². The summed E-state index contributed by atoms with van der Waals surface area (Å²) in [5.74, 6) is -0.0769. The molecule has 0 bridgehead atoms. The third kappa shape index (κ3) is 3.51. The Balaban J connectivity index is 1.94. The Labute approximate surface area is 110 Å². The molecule has 0 radical (unpaired) electrons. The Hall–Kier alpha value is -2.43. The number of rotatable bonds is 4. The molecule has 2 aromatic rings. The summed E-state index contributed by atoms with van der Waals surface area (Å²) in [5.41, 5.74) is 1.05. The normalized spacial score (nSPS) is 11.8. The molecule has 19 heavy (non-hydrogen) atoms. The van der Waals surface area contributed by atoms with E-state index in [2.05, 4.69) is 15.5 Å². The number of carbonyl (C=O) groups excluding carboxylic acids is 1. The second kappa shape index (κ2) is 5.95. The molecule has 2 N–H and O–H groups in total. The van der Waals surface area contributed by atoms with Gasteiger partial charge in [0, 0.05) is 12.6 Å². The summed E-state index contributed by atoms with van der Waals surface area (Å²) in [5, 5.41) is 8.71. The number of H-pyrrole nitrogens is 1. The molecule has 1 heterocycles. The first kappa shape index (κ1) is 13.0. The van der Waals surface area contributed by atoms with Crippen molar-refractivity contribution >= 4 is 5.91 Å². The number of hydrogen-bond acceptors (Lipinski definition) is 3. The Bertz CT molecular complexity index is 587. The summed E-state index contributed by atoms with van der Waals surface area (Å²) < 4.78 is 0. The zero-order valence-electron chi connectivity index (χ0n) is 10.6. The van der Waals surface area contributed by atoms with Gasteiger partial charge in [-0.05, 0) is 17.5 Å². The first-order valence-corrected chi connectivity index (χ1v) is 6.05. The first-order valence-electron chi connectivity index (χ1n) is 6.05. The molecule has 1 aromatic heterocycles. The van der Waals surface area contributed by atoms with E-state index < -0.39 is 0 Å². The minimum atomic E-state index is -0.325. The fraction of sp³-hybridized carbons (Fsp3) is 0.214. The second-order valence-corrected chi connectivity index (χ2v) is 4.33. The lowest BCUT2D eigenvalue weighted by molar-refractivity contribution is 0.0945. The maximum Gasteiger partial charge on any atom is 0.271 e. The van der Waals surface area contributed by atoms with Gasteiger partial charge in [-0.2, -0.15) is 5.10 Å². The number of aromatic nitrogens is 2. The summed E-state index contributed by atoms with van der Waals surface area (Å²) in [7, 11) is 0. The molecular weight excluding hydrogens is 242 g/mol. The van der Waals surface area contributed by atoms with Gasteiger partial charge in [-0.1, -0.05) is 37.3 Å². The molecule has 0 spiro atoms. The SMILES string of the molecule is C[C@H](CNC(=O)c1ccc(=O)[nH]n1)c1ccccc1. The van der Waals surface area contributed by atoms with Crippen LogP contribution < -0.4 is 10.9 Å². The van der Waals surface area contributed by atoms with E-state index in [9.17, 15) is 9.59 Å². The van der Waals surface area contributed by atoms with Gasteiger partial charge in [-0.25, -0.2) is 5.10 Å². The van der Waals surface area contributed by atoms with Crippen molar-refractivity contribution in [3.8, 4) is 0 Å². The van der Waals surface area contributed by atoms with Crippen molar-refractivity contribution in [1.29, 1.82) is 0 Å². The highest BCUT2D eigenvalue weighted by molar-refractivity contribution is 5.91. The van der Waals surface area contributed by atoms with E-state index in [-0.39, 0.29) is 23.1 Å². The van der Waals surface area contributed by atoms with Crippen LogP contribution >= 0.6 is 0 Å². The van der Waals surface area contributed by atoms with Crippen molar-refractivity contribution < 1.29 is 4.79 Å². The molecule has 0 aliphatic carbocycles. The molecule has 0 aliphatic heterocycles. The Kier molecular flexibility index (Phi) is 4.07. The van der Waals surface area contributed by atoms with Crippen molar-refractivity contribution in [2.75, 3.05) is 6.54 Å². The van der Waals surface area contributed by atoms with Crippen LogP contribution in [-0.2, 0) is 0 Å². The van der Waals surface area contributed by atoms with Gasteiger partial charge < -0.3 is 5.32 Å². The maximum absolute atomic E-state index is 11.8. The van der Waals surface area contributed by atoms with Crippen LogP contribution in [0.5, 0.6) is 0 Å². The predicted octanol–water partition coefficient (Wildman–Crippen LogP) is 1.30. The fourth-order valence-corrected chi connectivity index (χ4v) is 1.71. The summed E-state index contributed by atoms with van der Waals surface area (Å²) in [4.78, 5) is 22.6. The molecule has 1 atom stereocenters. The molecule has 0 fully saturated rings. The van der Waals surface area contributed by atoms with Gasteiger partial charge in [-0.15, -0.1) is 0 Å². The topological polar surface area (TPSA) is 74.8 Å². The van der Waals surface area contributed by atoms with Crippen molar-refractivity contribution in [3.05, 3.63) is 64.1 Å². The van der Waals surface area contributed by atoms with Gasteiger partial charge in [0.05, 0.1) is 0 Å². The summed E-state index contributed by atoms with van der Waals surface area (Å²) in [6, 6.07) is 12.6. The number of nitrogens with zero attached hydrogens (tertiary/aromatic N) is 1. The molecule has 0 aliphatic rings. The van der Waals surface area contributed by atoms with Crippen LogP contribution in [0.15, 0.2) is 47.3 Å². The predicted molar refractivity (Wildman–Crippen MR) is 72.0 cm³/mol. The Morgan fingerprint density at radius 1 is 1.26 bits per heavy atom. The van der Waals surface area contributed by atoms with Crippen LogP contribution in [0.25, 0.3) is 0 Å². The van der Waals surface area contributed by atoms with Crippen LogP contribution in [-0.4, -0.2) is 22.6 Å². The third-order valence-electron chi connectivity index (χ3n) is 2.85. The highest BCUT2D eigenvalue weighted by Crippen LogP contribution is 2.12. The lowest BCUT2D eigenvalue weighted by Crippen LogP contribution is -2.29. The van der Waals surface area contributed by atoms with Gasteiger partial charge in [0.25, 0.3) is 11.5 Å². The second-order valence-electron chi connectivity index (χ2n) is 4.33. The zero-order chi connectivity index (χ0) is 13.7.